The van der Waals surface area contributed by atoms with Crippen LogP contribution in [-0.2, 0) is 21.2 Å². The van der Waals surface area contributed by atoms with Gasteiger partial charge in [0.25, 0.3) is 5.56 Å². The summed E-state index contributed by atoms with van der Waals surface area (Å²) in [5, 5.41) is 1.20. The van der Waals surface area contributed by atoms with Gasteiger partial charge in [0, 0.05) is 24.0 Å². The van der Waals surface area contributed by atoms with Crippen LogP contribution in [0.4, 0.5) is 0 Å². The van der Waals surface area contributed by atoms with Crippen molar-refractivity contribution < 1.29 is 13.2 Å². The van der Waals surface area contributed by atoms with Crippen molar-refractivity contribution in [2.75, 3.05) is 23.8 Å². The van der Waals surface area contributed by atoms with Crippen molar-refractivity contribution in [2.45, 2.75) is 58.8 Å². The third kappa shape index (κ3) is 4.75. The minimum absolute atomic E-state index is 0.0355. The van der Waals surface area contributed by atoms with Gasteiger partial charge in [0.15, 0.2) is 15.0 Å². The zero-order chi connectivity index (χ0) is 22.2. The zero-order valence-corrected chi connectivity index (χ0v) is 20.5. The molecule has 0 unspecified atom stereocenters. The van der Waals surface area contributed by atoms with Crippen LogP contribution in [0.2, 0.25) is 0 Å². The van der Waals surface area contributed by atoms with Crippen LogP contribution in [0.3, 0.4) is 0 Å². The standard InChI is InChI=1S/C20H29N3O4S3/c1-6-22-19(25)17-13(4)14(5)29-18(17)21-20(22)28-10-16(24)23(9-12(2)3)15-7-8-30(26,27)11-15/h12,15H,6-11H2,1-5H3/t15-/m1/s1. The Balaban J connectivity index is 1.84. The van der Waals surface area contributed by atoms with E-state index in [1.165, 1.54) is 23.1 Å². The summed E-state index contributed by atoms with van der Waals surface area (Å²) >= 11 is 2.75. The minimum Gasteiger partial charge on any atom is -0.338 e. The van der Waals surface area contributed by atoms with E-state index < -0.39 is 9.84 Å². The average molecular weight is 472 g/mol. The van der Waals surface area contributed by atoms with Crippen molar-refractivity contribution in [1.82, 2.24) is 14.5 Å². The number of aromatic nitrogens is 2. The summed E-state index contributed by atoms with van der Waals surface area (Å²) in [5.41, 5.74) is 0.896. The lowest BCUT2D eigenvalue weighted by Gasteiger charge is -2.30. The van der Waals surface area contributed by atoms with Crippen LogP contribution < -0.4 is 5.56 Å². The third-order valence-electron chi connectivity index (χ3n) is 5.43. The number of nitrogens with zero attached hydrogens (tertiary/aromatic N) is 3. The first-order valence-corrected chi connectivity index (χ1v) is 13.8. The molecule has 2 aromatic heterocycles. The number of aryl methyl sites for hydroxylation is 2. The topological polar surface area (TPSA) is 89.3 Å². The molecular weight excluding hydrogens is 442 g/mol. The molecule has 30 heavy (non-hydrogen) atoms. The van der Waals surface area contributed by atoms with Gasteiger partial charge in [-0.2, -0.15) is 0 Å². The van der Waals surface area contributed by atoms with E-state index in [9.17, 15) is 18.0 Å². The van der Waals surface area contributed by atoms with Crippen molar-refractivity contribution in [2.24, 2.45) is 5.92 Å². The maximum atomic E-state index is 13.1. The highest BCUT2D eigenvalue weighted by molar-refractivity contribution is 7.99. The Labute approximate surface area is 185 Å². The fourth-order valence-corrected chi connectivity index (χ4v) is 7.53. The van der Waals surface area contributed by atoms with Gasteiger partial charge in [-0.05, 0) is 38.7 Å². The first-order chi connectivity index (χ1) is 14.0. The summed E-state index contributed by atoms with van der Waals surface area (Å²) < 4.78 is 25.5. The van der Waals surface area contributed by atoms with E-state index >= 15 is 0 Å². The van der Waals surface area contributed by atoms with Crippen molar-refractivity contribution in [3.05, 3.63) is 20.8 Å². The van der Waals surface area contributed by atoms with E-state index in [0.717, 1.165) is 10.4 Å². The number of amides is 1. The van der Waals surface area contributed by atoms with E-state index in [2.05, 4.69) is 4.98 Å². The molecule has 1 fully saturated rings. The lowest BCUT2D eigenvalue weighted by Crippen LogP contribution is -2.44. The normalized spacial score (nSPS) is 18.4. The molecule has 0 aromatic carbocycles. The van der Waals surface area contributed by atoms with Crippen LogP contribution in [0.25, 0.3) is 10.2 Å². The molecule has 1 amide bonds. The van der Waals surface area contributed by atoms with Crippen molar-refractivity contribution in [3.63, 3.8) is 0 Å². The van der Waals surface area contributed by atoms with Gasteiger partial charge in [-0.1, -0.05) is 25.6 Å². The lowest BCUT2D eigenvalue weighted by atomic mass is 10.1. The average Bonchev–Trinajstić information content (AvgIpc) is 3.16. The van der Waals surface area contributed by atoms with Crippen molar-refractivity contribution in [3.8, 4) is 0 Å². The first-order valence-electron chi connectivity index (χ1n) is 10.2. The molecule has 0 bridgehead atoms. The largest absolute Gasteiger partial charge is 0.338 e. The maximum Gasteiger partial charge on any atom is 0.263 e. The van der Waals surface area contributed by atoms with E-state index in [-0.39, 0.29) is 40.7 Å². The van der Waals surface area contributed by atoms with Gasteiger partial charge < -0.3 is 4.90 Å². The fourth-order valence-electron chi connectivity index (χ4n) is 3.78. The summed E-state index contributed by atoms with van der Waals surface area (Å²) in [7, 11) is -3.08. The van der Waals surface area contributed by atoms with E-state index in [1.54, 1.807) is 9.47 Å². The molecule has 7 nitrogen and oxygen atoms in total. The van der Waals surface area contributed by atoms with Gasteiger partial charge in [-0.15, -0.1) is 11.3 Å². The molecule has 0 radical (unpaired) electrons. The smallest absolute Gasteiger partial charge is 0.263 e. The molecule has 3 rings (SSSR count). The molecule has 1 saturated heterocycles. The maximum absolute atomic E-state index is 13.1. The number of sulfone groups is 1. The van der Waals surface area contributed by atoms with Gasteiger partial charge in [0.1, 0.15) is 4.83 Å². The van der Waals surface area contributed by atoms with E-state index in [0.29, 0.717) is 34.9 Å². The van der Waals surface area contributed by atoms with Crippen LogP contribution in [0.5, 0.6) is 0 Å². The Bertz CT molecular complexity index is 1120. The number of hydrogen-bond acceptors (Lipinski definition) is 7. The molecule has 3 heterocycles. The van der Waals surface area contributed by atoms with E-state index in [4.69, 9.17) is 0 Å². The zero-order valence-electron chi connectivity index (χ0n) is 18.1. The van der Waals surface area contributed by atoms with Crippen LogP contribution >= 0.6 is 23.1 Å². The van der Waals surface area contributed by atoms with Crippen molar-refractivity contribution in [1.29, 1.82) is 0 Å². The Kier molecular flexibility index (Phi) is 6.98. The Morgan fingerprint density at radius 1 is 1.37 bits per heavy atom. The second-order valence-electron chi connectivity index (χ2n) is 8.19. The number of fused-ring (bicyclic) bond motifs is 1. The summed E-state index contributed by atoms with van der Waals surface area (Å²) in [6, 6.07) is -0.267. The predicted molar refractivity (Wildman–Crippen MR) is 123 cm³/mol. The fraction of sp³-hybridized carbons (Fsp3) is 0.650. The Morgan fingerprint density at radius 2 is 2.07 bits per heavy atom. The molecule has 1 aliphatic rings. The highest BCUT2D eigenvalue weighted by Gasteiger charge is 2.35. The monoisotopic (exact) mass is 471 g/mol. The number of thioether (sulfide) groups is 1. The van der Waals surface area contributed by atoms with Gasteiger partial charge in [0.05, 0.1) is 22.6 Å². The first kappa shape index (κ1) is 23.3. The second kappa shape index (κ2) is 9.00. The molecule has 166 valence electrons. The number of carbonyl (C=O) groups excluding carboxylic acids is 1. The molecule has 0 saturated carbocycles. The third-order valence-corrected chi connectivity index (χ3v) is 9.24. The number of rotatable bonds is 7. The summed E-state index contributed by atoms with van der Waals surface area (Å²) in [6.45, 7) is 10.8. The molecular formula is C20H29N3O4S3. The van der Waals surface area contributed by atoms with Crippen LogP contribution in [0.1, 0.15) is 37.6 Å². The number of carbonyl (C=O) groups is 1. The molecule has 1 atom stereocenters. The second-order valence-corrected chi connectivity index (χ2v) is 12.6. The van der Waals surface area contributed by atoms with Gasteiger partial charge >= 0.3 is 0 Å². The van der Waals surface area contributed by atoms with Crippen LogP contribution in [0, 0.1) is 19.8 Å². The van der Waals surface area contributed by atoms with Gasteiger partial charge in [-0.25, -0.2) is 13.4 Å². The van der Waals surface area contributed by atoms with E-state index in [1.807, 2.05) is 34.6 Å². The molecule has 10 heteroatoms. The summed E-state index contributed by atoms with van der Waals surface area (Å²) in [5.74, 6) is 0.435. The van der Waals surface area contributed by atoms with Gasteiger partial charge in [0.2, 0.25) is 5.91 Å². The summed E-state index contributed by atoms with van der Waals surface area (Å²) in [6.07, 6.45) is 0.489. The highest BCUT2D eigenvalue weighted by atomic mass is 32.2. The predicted octanol–water partition coefficient (Wildman–Crippen LogP) is 2.86. The molecule has 2 aromatic rings. The van der Waals surface area contributed by atoms with Gasteiger partial charge in [-0.3, -0.25) is 14.2 Å². The molecule has 0 aliphatic carbocycles. The molecule has 0 N–H and O–H groups in total. The Morgan fingerprint density at radius 3 is 2.63 bits per heavy atom. The lowest BCUT2D eigenvalue weighted by molar-refractivity contribution is -0.130. The number of hydrogen-bond donors (Lipinski definition) is 0. The highest BCUT2D eigenvalue weighted by Crippen LogP contribution is 2.29. The molecule has 0 spiro atoms. The molecule has 1 aliphatic heterocycles. The van der Waals surface area contributed by atoms with Crippen LogP contribution in [-0.4, -0.2) is 58.6 Å². The quantitative estimate of drug-likeness (QED) is 0.456. The minimum atomic E-state index is -3.08. The van der Waals surface area contributed by atoms with Crippen molar-refractivity contribution >= 4 is 49.1 Å². The number of thiophene rings is 1. The summed E-state index contributed by atoms with van der Waals surface area (Å²) in [4.78, 5) is 34.2. The Hall–Kier alpha value is -1.39. The van der Waals surface area contributed by atoms with Crippen LogP contribution in [0.15, 0.2) is 9.95 Å². The SMILES string of the molecule is CCn1c(SCC(=O)N(CC(C)C)[C@@H]2CCS(=O)(=O)C2)nc2sc(C)c(C)c2c1=O.